The highest BCUT2D eigenvalue weighted by Gasteiger charge is 2.39. The van der Waals surface area contributed by atoms with Crippen LogP contribution in [-0.4, -0.2) is 39.7 Å². The number of carbonyl (C=O) groups is 3. The fourth-order valence-electron chi connectivity index (χ4n) is 3.99. The van der Waals surface area contributed by atoms with Gasteiger partial charge in [-0.2, -0.15) is 0 Å². The first-order chi connectivity index (χ1) is 17.9. The molecule has 5 rings (SSSR count). The fourth-order valence-corrected chi connectivity index (χ4v) is 5.15. The Balaban J connectivity index is 1.34. The second-order valence-corrected chi connectivity index (χ2v) is 10.0. The fraction of sp³-hybridized carbons (Fsp3) is 0.214. The van der Waals surface area contributed by atoms with Crippen LogP contribution in [0.1, 0.15) is 34.8 Å². The number of Topliss-reactive ketones (excluding diaryl/α,β-unsaturated/α-hetero) is 1. The zero-order valence-electron chi connectivity index (χ0n) is 20.4. The number of ketones is 1. The van der Waals surface area contributed by atoms with Crippen molar-refractivity contribution in [1.29, 1.82) is 0 Å². The molecule has 0 aromatic heterocycles. The number of amides is 2. The van der Waals surface area contributed by atoms with E-state index in [0.29, 0.717) is 27.9 Å². The SMILES string of the molecule is CC(=O)c1ccc(NC(=O)C[C@H]2SC(=Nc3ccc(C)cc3)N(Cc3ccc4c(c3)OCO4)C2=O)cc1. The highest BCUT2D eigenvalue weighted by atomic mass is 32.2. The minimum Gasteiger partial charge on any atom is -0.454 e. The summed E-state index contributed by atoms with van der Waals surface area (Å²) in [5, 5.41) is 2.74. The summed E-state index contributed by atoms with van der Waals surface area (Å²) in [6.45, 7) is 3.95. The molecule has 188 valence electrons. The van der Waals surface area contributed by atoms with Gasteiger partial charge in [-0.05, 0) is 67.9 Å². The first kappa shape index (κ1) is 24.6. The zero-order valence-corrected chi connectivity index (χ0v) is 21.2. The Morgan fingerprint density at radius 3 is 2.49 bits per heavy atom. The van der Waals surface area contributed by atoms with E-state index in [9.17, 15) is 14.4 Å². The van der Waals surface area contributed by atoms with E-state index >= 15 is 0 Å². The number of thioether (sulfide) groups is 1. The molecule has 1 fully saturated rings. The molecule has 37 heavy (non-hydrogen) atoms. The monoisotopic (exact) mass is 515 g/mol. The number of rotatable bonds is 7. The van der Waals surface area contributed by atoms with Crippen LogP contribution in [0.2, 0.25) is 0 Å². The zero-order chi connectivity index (χ0) is 25.9. The van der Waals surface area contributed by atoms with Gasteiger partial charge in [0.05, 0.1) is 12.2 Å². The second-order valence-electron chi connectivity index (χ2n) is 8.83. The largest absolute Gasteiger partial charge is 0.454 e. The lowest BCUT2D eigenvalue weighted by molar-refractivity contribution is -0.128. The number of aliphatic imine (C=N–C) groups is 1. The van der Waals surface area contributed by atoms with Gasteiger partial charge < -0.3 is 14.8 Å². The number of ether oxygens (including phenoxy) is 2. The smallest absolute Gasteiger partial charge is 0.242 e. The Labute approximate surface area is 218 Å². The molecule has 9 heteroatoms. The molecule has 0 unspecified atom stereocenters. The van der Waals surface area contributed by atoms with Crippen LogP contribution in [0.4, 0.5) is 11.4 Å². The molecule has 2 aliphatic heterocycles. The second kappa shape index (κ2) is 10.5. The van der Waals surface area contributed by atoms with Gasteiger partial charge >= 0.3 is 0 Å². The Bertz CT molecular complexity index is 1390. The lowest BCUT2D eigenvalue weighted by Gasteiger charge is -2.17. The molecule has 8 nitrogen and oxygen atoms in total. The summed E-state index contributed by atoms with van der Waals surface area (Å²) in [4.78, 5) is 44.1. The number of benzene rings is 3. The van der Waals surface area contributed by atoms with Crippen LogP contribution in [0, 0.1) is 6.92 Å². The summed E-state index contributed by atoms with van der Waals surface area (Å²) >= 11 is 1.28. The molecular weight excluding hydrogens is 490 g/mol. The molecule has 3 aromatic rings. The van der Waals surface area contributed by atoms with E-state index in [1.165, 1.54) is 18.7 Å². The summed E-state index contributed by atoms with van der Waals surface area (Å²) in [7, 11) is 0. The minimum absolute atomic E-state index is 0.0114. The summed E-state index contributed by atoms with van der Waals surface area (Å²) in [6.07, 6.45) is -0.0114. The van der Waals surface area contributed by atoms with Gasteiger partial charge in [-0.15, -0.1) is 0 Å². The van der Waals surface area contributed by atoms with E-state index in [1.54, 1.807) is 29.2 Å². The van der Waals surface area contributed by atoms with Crippen LogP contribution in [0.5, 0.6) is 11.5 Å². The van der Waals surface area contributed by atoms with Gasteiger partial charge in [-0.3, -0.25) is 19.3 Å². The van der Waals surface area contributed by atoms with Gasteiger partial charge in [0.2, 0.25) is 18.6 Å². The average molecular weight is 516 g/mol. The van der Waals surface area contributed by atoms with Crippen molar-refractivity contribution in [2.75, 3.05) is 12.1 Å². The predicted octanol–water partition coefficient (Wildman–Crippen LogP) is 5.09. The number of anilines is 1. The molecule has 2 heterocycles. The molecule has 0 bridgehead atoms. The molecule has 1 saturated heterocycles. The molecule has 3 aromatic carbocycles. The van der Waals surface area contributed by atoms with Crippen molar-refractivity contribution in [3.8, 4) is 11.5 Å². The Morgan fingerprint density at radius 2 is 1.76 bits per heavy atom. The van der Waals surface area contributed by atoms with Crippen LogP contribution >= 0.6 is 11.8 Å². The number of hydrogen-bond donors (Lipinski definition) is 1. The van der Waals surface area contributed by atoms with Crippen LogP contribution in [-0.2, 0) is 16.1 Å². The van der Waals surface area contributed by atoms with E-state index in [4.69, 9.17) is 14.5 Å². The van der Waals surface area contributed by atoms with Crippen LogP contribution in [0.25, 0.3) is 0 Å². The molecule has 1 N–H and O–H groups in total. The maximum atomic E-state index is 13.5. The van der Waals surface area contributed by atoms with Gasteiger partial charge in [-0.1, -0.05) is 35.5 Å². The minimum atomic E-state index is -0.616. The van der Waals surface area contributed by atoms with Gasteiger partial charge in [0, 0.05) is 17.7 Å². The Kier molecular flexibility index (Phi) is 6.96. The summed E-state index contributed by atoms with van der Waals surface area (Å²) in [5.41, 5.74) is 3.84. The van der Waals surface area contributed by atoms with Gasteiger partial charge in [0.15, 0.2) is 22.4 Å². The molecule has 0 spiro atoms. The molecular formula is C28H25N3O5S. The van der Waals surface area contributed by atoms with E-state index in [-0.39, 0.29) is 37.4 Å². The average Bonchev–Trinajstić information content (AvgIpc) is 3.46. The topological polar surface area (TPSA) is 97.3 Å². The predicted molar refractivity (Wildman–Crippen MR) is 142 cm³/mol. The molecule has 2 amide bonds. The number of fused-ring (bicyclic) bond motifs is 1. The third-order valence-electron chi connectivity index (χ3n) is 6.00. The van der Waals surface area contributed by atoms with Gasteiger partial charge in [0.25, 0.3) is 0 Å². The van der Waals surface area contributed by atoms with Crippen LogP contribution in [0.15, 0.2) is 71.7 Å². The number of nitrogens with one attached hydrogen (secondary N) is 1. The van der Waals surface area contributed by atoms with Crippen molar-refractivity contribution in [3.63, 3.8) is 0 Å². The first-order valence-corrected chi connectivity index (χ1v) is 12.7. The normalized spacial score (nSPS) is 17.4. The summed E-state index contributed by atoms with van der Waals surface area (Å²) in [6, 6.07) is 20.0. The van der Waals surface area contributed by atoms with E-state index in [0.717, 1.165) is 16.8 Å². The highest BCUT2D eigenvalue weighted by Crippen LogP contribution is 2.36. The highest BCUT2D eigenvalue weighted by molar-refractivity contribution is 8.15. The van der Waals surface area contributed by atoms with Crippen molar-refractivity contribution < 1.29 is 23.9 Å². The number of hydrogen-bond acceptors (Lipinski definition) is 7. The standard InChI is InChI=1S/C28H25N3O5S/c1-17-3-8-22(9-4-17)30-28-31(15-19-5-12-23-24(13-19)36-16-35-23)27(34)25(37-28)14-26(33)29-21-10-6-20(7-11-21)18(2)32/h3-13,25H,14-16H2,1-2H3,(H,29,33)/t25-/m1/s1. The maximum absolute atomic E-state index is 13.5. The van der Waals surface area contributed by atoms with E-state index in [2.05, 4.69) is 5.32 Å². The molecule has 0 aliphatic carbocycles. The Hall–Kier alpha value is -4.11. The van der Waals surface area contributed by atoms with Gasteiger partial charge in [-0.25, -0.2) is 4.99 Å². The molecule has 1 atom stereocenters. The first-order valence-electron chi connectivity index (χ1n) is 11.8. The lowest BCUT2D eigenvalue weighted by Crippen LogP contribution is -2.33. The summed E-state index contributed by atoms with van der Waals surface area (Å²) in [5.74, 6) is 0.788. The molecule has 0 radical (unpaired) electrons. The van der Waals surface area contributed by atoms with Crippen molar-refractivity contribution in [3.05, 3.63) is 83.4 Å². The number of amidine groups is 1. The molecule has 2 aliphatic rings. The van der Waals surface area contributed by atoms with Crippen molar-refractivity contribution in [1.82, 2.24) is 4.90 Å². The number of nitrogens with zero attached hydrogens (tertiary/aromatic N) is 2. The van der Waals surface area contributed by atoms with Gasteiger partial charge in [0.1, 0.15) is 5.25 Å². The van der Waals surface area contributed by atoms with Crippen LogP contribution < -0.4 is 14.8 Å². The third kappa shape index (κ3) is 5.67. The molecule has 0 saturated carbocycles. The van der Waals surface area contributed by atoms with Crippen molar-refractivity contribution >= 4 is 45.9 Å². The van der Waals surface area contributed by atoms with E-state index in [1.807, 2.05) is 49.4 Å². The summed E-state index contributed by atoms with van der Waals surface area (Å²) < 4.78 is 10.9. The third-order valence-corrected chi connectivity index (χ3v) is 7.18. The number of aryl methyl sites for hydroxylation is 1. The van der Waals surface area contributed by atoms with E-state index < -0.39 is 5.25 Å². The lowest BCUT2D eigenvalue weighted by atomic mass is 10.1. The quantitative estimate of drug-likeness (QED) is 0.441. The van der Waals surface area contributed by atoms with Crippen molar-refractivity contribution in [2.45, 2.75) is 32.1 Å². The Morgan fingerprint density at radius 1 is 1.03 bits per heavy atom. The van der Waals surface area contributed by atoms with Crippen LogP contribution in [0.3, 0.4) is 0 Å². The number of carbonyl (C=O) groups excluding carboxylic acids is 3. The maximum Gasteiger partial charge on any atom is 0.242 e. The van der Waals surface area contributed by atoms with Crippen molar-refractivity contribution in [2.24, 2.45) is 4.99 Å².